The van der Waals surface area contributed by atoms with Gasteiger partial charge in [-0.3, -0.25) is 4.79 Å². The van der Waals surface area contributed by atoms with Crippen LogP contribution in [0.2, 0.25) is 0 Å². The highest BCUT2D eigenvalue weighted by Gasteiger charge is 2.39. The van der Waals surface area contributed by atoms with Crippen LogP contribution in [0.4, 0.5) is 11.4 Å². The van der Waals surface area contributed by atoms with Crippen LogP contribution in [-0.2, 0) is 9.53 Å². The molecule has 1 fully saturated rings. The lowest BCUT2D eigenvalue weighted by Crippen LogP contribution is -2.42. The molecular formula is C13H16Br2N2O2. The molecule has 0 unspecified atom stereocenters. The molecular weight excluding hydrogens is 376 g/mol. The summed E-state index contributed by atoms with van der Waals surface area (Å²) in [5.41, 5.74) is 6.78. The third-order valence-electron chi connectivity index (χ3n) is 3.51. The van der Waals surface area contributed by atoms with E-state index in [0.29, 0.717) is 17.8 Å². The Morgan fingerprint density at radius 1 is 1.42 bits per heavy atom. The summed E-state index contributed by atoms with van der Waals surface area (Å²) in [6.07, 6.45) is 3.39. The quantitative estimate of drug-likeness (QED) is 0.769. The number of carbonyl (C=O) groups is 1. The Balaban J connectivity index is 2.07. The molecule has 19 heavy (non-hydrogen) atoms. The third kappa shape index (κ3) is 3.30. The highest BCUT2D eigenvalue weighted by Crippen LogP contribution is 2.39. The summed E-state index contributed by atoms with van der Waals surface area (Å²) >= 11 is 6.80. The second-order valence-electron chi connectivity index (χ2n) is 4.83. The van der Waals surface area contributed by atoms with E-state index in [1.807, 2.05) is 0 Å². The zero-order valence-electron chi connectivity index (χ0n) is 10.6. The van der Waals surface area contributed by atoms with E-state index in [0.717, 1.165) is 28.2 Å². The normalized spacial score (nSPS) is 16.8. The Morgan fingerprint density at radius 2 is 2.00 bits per heavy atom. The molecule has 1 saturated carbocycles. The van der Waals surface area contributed by atoms with E-state index in [1.165, 1.54) is 0 Å². The highest BCUT2D eigenvalue weighted by molar-refractivity contribution is 9.11. The van der Waals surface area contributed by atoms with Crippen molar-refractivity contribution in [1.82, 2.24) is 0 Å². The predicted molar refractivity (Wildman–Crippen MR) is 83.1 cm³/mol. The van der Waals surface area contributed by atoms with Crippen LogP contribution in [0, 0.1) is 0 Å². The first kappa shape index (κ1) is 14.8. The molecule has 104 valence electrons. The van der Waals surface area contributed by atoms with Crippen LogP contribution < -0.4 is 11.1 Å². The summed E-state index contributed by atoms with van der Waals surface area (Å²) in [7, 11) is 1.67. The lowest BCUT2D eigenvalue weighted by Gasteiger charge is -2.39. The Morgan fingerprint density at radius 3 is 2.42 bits per heavy atom. The average Bonchev–Trinajstić information content (AvgIpc) is 2.28. The number of methoxy groups -OCH3 is 1. The number of amides is 1. The van der Waals surface area contributed by atoms with Crippen molar-refractivity contribution < 1.29 is 9.53 Å². The summed E-state index contributed by atoms with van der Waals surface area (Å²) in [5.74, 6) is -0.0484. The molecule has 1 amide bonds. The van der Waals surface area contributed by atoms with E-state index in [-0.39, 0.29) is 11.5 Å². The molecule has 6 heteroatoms. The van der Waals surface area contributed by atoms with Crippen LogP contribution in [0.15, 0.2) is 21.1 Å². The molecule has 0 aliphatic heterocycles. The molecule has 0 heterocycles. The maximum Gasteiger partial charge on any atom is 0.227 e. The fraction of sp³-hybridized carbons (Fsp3) is 0.462. The summed E-state index contributed by atoms with van der Waals surface area (Å²) in [6.45, 7) is 0. The maximum absolute atomic E-state index is 12.1. The first-order valence-electron chi connectivity index (χ1n) is 6.05. The van der Waals surface area contributed by atoms with Crippen molar-refractivity contribution >= 4 is 49.1 Å². The van der Waals surface area contributed by atoms with Crippen LogP contribution in [0.1, 0.15) is 25.7 Å². The molecule has 0 radical (unpaired) electrons. The number of hydrogen-bond donors (Lipinski definition) is 2. The monoisotopic (exact) mass is 390 g/mol. The van der Waals surface area contributed by atoms with Crippen LogP contribution in [0.25, 0.3) is 0 Å². The molecule has 0 spiro atoms. The van der Waals surface area contributed by atoms with Gasteiger partial charge in [0.1, 0.15) is 0 Å². The Hall–Kier alpha value is -0.590. The van der Waals surface area contributed by atoms with Gasteiger partial charge in [-0.1, -0.05) is 0 Å². The zero-order valence-corrected chi connectivity index (χ0v) is 13.8. The second-order valence-corrected chi connectivity index (χ2v) is 6.53. The smallest absolute Gasteiger partial charge is 0.227 e. The Labute approximate surface area is 129 Å². The first-order valence-corrected chi connectivity index (χ1v) is 7.64. The van der Waals surface area contributed by atoms with Crippen LogP contribution in [0.3, 0.4) is 0 Å². The minimum absolute atomic E-state index is 0.0484. The minimum atomic E-state index is -0.267. The van der Waals surface area contributed by atoms with Gasteiger partial charge in [0.2, 0.25) is 5.91 Å². The van der Waals surface area contributed by atoms with Crippen molar-refractivity contribution in [3.8, 4) is 0 Å². The number of ether oxygens (including phenoxy) is 1. The maximum atomic E-state index is 12.1. The van der Waals surface area contributed by atoms with Gasteiger partial charge in [0.15, 0.2) is 0 Å². The summed E-state index contributed by atoms with van der Waals surface area (Å²) in [4.78, 5) is 12.1. The molecule has 1 aromatic carbocycles. The van der Waals surface area contributed by atoms with Crippen LogP contribution in [0.5, 0.6) is 0 Å². The van der Waals surface area contributed by atoms with Gasteiger partial charge < -0.3 is 15.8 Å². The Kier molecular flexibility index (Phi) is 4.53. The van der Waals surface area contributed by atoms with Gasteiger partial charge in [-0.25, -0.2) is 0 Å². The van der Waals surface area contributed by atoms with E-state index in [1.54, 1.807) is 19.2 Å². The summed E-state index contributed by atoms with van der Waals surface area (Å²) in [5, 5.41) is 2.90. The second kappa shape index (κ2) is 5.81. The molecule has 1 aromatic rings. The van der Waals surface area contributed by atoms with Gasteiger partial charge in [0.25, 0.3) is 0 Å². The topological polar surface area (TPSA) is 64.3 Å². The lowest BCUT2D eigenvalue weighted by atomic mass is 9.77. The predicted octanol–water partition coefficient (Wildman–Crippen LogP) is 3.69. The fourth-order valence-corrected chi connectivity index (χ4v) is 3.63. The number of anilines is 2. The van der Waals surface area contributed by atoms with Crippen molar-refractivity contribution in [2.45, 2.75) is 31.3 Å². The van der Waals surface area contributed by atoms with E-state index in [9.17, 15) is 4.79 Å². The molecule has 0 aromatic heterocycles. The SMILES string of the molecule is COC1(CC(=O)Nc2c(Br)cc(N)cc2Br)CCC1. The number of hydrogen-bond acceptors (Lipinski definition) is 3. The number of nitrogen functional groups attached to an aromatic ring is 1. The van der Waals surface area contributed by atoms with Crippen molar-refractivity contribution in [3.63, 3.8) is 0 Å². The summed E-state index contributed by atoms with van der Waals surface area (Å²) in [6, 6.07) is 3.52. The van der Waals surface area contributed by atoms with E-state index >= 15 is 0 Å². The summed E-state index contributed by atoms with van der Waals surface area (Å²) < 4.78 is 6.97. The Bertz CT molecular complexity index is 473. The van der Waals surface area contributed by atoms with Crippen molar-refractivity contribution in [3.05, 3.63) is 21.1 Å². The van der Waals surface area contributed by atoms with Crippen molar-refractivity contribution in [2.75, 3.05) is 18.2 Å². The van der Waals surface area contributed by atoms with E-state index in [2.05, 4.69) is 37.2 Å². The van der Waals surface area contributed by atoms with Gasteiger partial charge in [0, 0.05) is 21.7 Å². The molecule has 0 atom stereocenters. The largest absolute Gasteiger partial charge is 0.399 e. The molecule has 4 nitrogen and oxygen atoms in total. The average molecular weight is 392 g/mol. The van der Waals surface area contributed by atoms with Gasteiger partial charge >= 0.3 is 0 Å². The lowest BCUT2D eigenvalue weighted by molar-refractivity contribution is -0.129. The standard InChI is InChI=1S/C13H16Br2N2O2/c1-19-13(3-2-4-13)7-11(18)17-12-9(14)5-8(16)6-10(12)15/h5-6H,2-4,7,16H2,1H3,(H,17,18). The highest BCUT2D eigenvalue weighted by atomic mass is 79.9. The number of carbonyl (C=O) groups excluding carboxylic acids is 1. The first-order chi connectivity index (χ1) is 8.96. The van der Waals surface area contributed by atoms with E-state index < -0.39 is 0 Å². The molecule has 1 aliphatic carbocycles. The zero-order chi connectivity index (χ0) is 14.0. The van der Waals surface area contributed by atoms with Gasteiger partial charge in [-0.2, -0.15) is 0 Å². The number of nitrogens with two attached hydrogens (primary N) is 1. The minimum Gasteiger partial charge on any atom is -0.399 e. The van der Waals surface area contributed by atoms with Crippen molar-refractivity contribution in [1.29, 1.82) is 0 Å². The van der Waals surface area contributed by atoms with Gasteiger partial charge in [-0.15, -0.1) is 0 Å². The molecule has 2 rings (SSSR count). The molecule has 1 aliphatic rings. The van der Waals surface area contributed by atoms with Crippen LogP contribution in [-0.4, -0.2) is 18.6 Å². The molecule has 3 N–H and O–H groups in total. The molecule has 0 saturated heterocycles. The van der Waals surface area contributed by atoms with Crippen LogP contribution >= 0.6 is 31.9 Å². The third-order valence-corrected chi connectivity index (χ3v) is 4.76. The molecule has 0 bridgehead atoms. The van der Waals surface area contributed by atoms with Crippen molar-refractivity contribution in [2.24, 2.45) is 0 Å². The number of nitrogens with one attached hydrogen (secondary N) is 1. The number of halogens is 2. The van der Waals surface area contributed by atoms with Gasteiger partial charge in [-0.05, 0) is 63.3 Å². The number of rotatable bonds is 4. The fourth-order valence-electron chi connectivity index (χ4n) is 2.21. The number of benzene rings is 1. The van der Waals surface area contributed by atoms with Gasteiger partial charge in [0.05, 0.1) is 17.7 Å². The van der Waals surface area contributed by atoms with E-state index in [4.69, 9.17) is 10.5 Å².